The number of halogens is 3. The molecule has 0 spiro atoms. The van der Waals surface area contributed by atoms with Gasteiger partial charge in [0.15, 0.2) is 0 Å². The van der Waals surface area contributed by atoms with Gasteiger partial charge >= 0.3 is 6.18 Å². The van der Waals surface area contributed by atoms with Crippen LogP contribution in [0.2, 0.25) is 0 Å². The van der Waals surface area contributed by atoms with Crippen LogP contribution in [0.25, 0.3) is 0 Å². The van der Waals surface area contributed by atoms with Gasteiger partial charge in [0.25, 0.3) is 11.6 Å². The number of amides is 1. The van der Waals surface area contributed by atoms with Crippen LogP contribution in [0.3, 0.4) is 0 Å². The Bertz CT molecular complexity index is 801. The number of anilines is 1. The second-order valence-corrected chi connectivity index (χ2v) is 5.03. The first-order valence-electron chi connectivity index (χ1n) is 6.54. The first kappa shape index (κ1) is 15.0. The summed E-state index contributed by atoms with van der Waals surface area (Å²) in [5.74, 6) is -0.469. The molecule has 118 valence electrons. The molecule has 0 saturated heterocycles. The van der Waals surface area contributed by atoms with E-state index in [4.69, 9.17) is 0 Å². The molecule has 0 unspecified atom stereocenters. The summed E-state index contributed by atoms with van der Waals surface area (Å²) in [5, 5.41) is 10.8. The standard InChI is InChI=1S/C15H9F3N2O3/c16-15(17,18)10-2-5-11(6-3-10)19-8-9-1-4-12(20(22)23)7-13(9)14(19)21/h1-7H,8H2. The number of carbonyl (C=O) groups is 1. The molecule has 0 radical (unpaired) electrons. The molecule has 1 aliphatic heterocycles. The van der Waals surface area contributed by atoms with Crippen molar-refractivity contribution < 1.29 is 22.9 Å². The fraction of sp³-hybridized carbons (Fsp3) is 0.133. The molecule has 2 aromatic rings. The summed E-state index contributed by atoms with van der Waals surface area (Å²) >= 11 is 0. The zero-order valence-corrected chi connectivity index (χ0v) is 11.5. The normalized spacial score (nSPS) is 14.0. The molecule has 0 bridgehead atoms. The van der Waals surface area contributed by atoms with Crippen LogP contribution >= 0.6 is 0 Å². The minimum atomic E-state index is -4.45. The average molecular weight is 322 g/mol. The zero-order chi connectivity index (χ0) is 16.8. The van der Waals surface area contributed by atoms with E-state index in [0.717, 1.165) is 12.1 Å². The molecule has 2 aromatic carbocycles. The molecule has 0 N–H and O–H groups in total. The summed E-state index contributed by atoms with van der Waals surface area (Å²) in [6.07, 6.45) is -4.45. The first-order valence-corrected chi connectivity index (χ1v) is 6.54. The lowest BCUT2D eigenvalue weighted by atomic mass is 10.1. The van der Waals surface area contributed by atoms with Crippen molar-refractivity contribution in [1.29, 1.82) is 0 Å². The van der Waals surface area contributed by atoms with Gasteiger partial charge in [0.05, 0.1) is 22.6 Å². The van der Waals surface area contributed by atoms with Crippen molar-refractivity contribution in [1.82, 2.24) is 0 Å². The molecule has 1 heterocycles. The van der Waals surface area contributed by atoms with Crippen molar-refractivity contribution in [2.24, 2.45) is 0 Å². The third-order valence-corrected chi connectivity index (χ3v) is 3.61. The van der Waals surface area contributed by atoms with Gasteiger partial charge < -0.3 is 4.90 Å². The van der Waals surface area contributed by atoms with E-state index < -0.39 is 22.6 Å². The molecule has 8 heteroatoms. The Hall–Kier alpha value is -2.90. The number of hydrogen-bond donors (Lipinski definition) is 0. The molecule has 0 saturated carbocycles. The van der Waals surface area contributed by atoms with Gasteiger partial charge in [-0.05, 0) is 35.9 Å². The predicted molar refractivity (Wildman–Crippen MR) is 75.1 cm³/mol. The van der Waals surface area contributed by atoms with Crippen molar-refractivity contribution in [3.05, 3.63) is 69.3 Å². The van der Waals surface area contributed by atoms with E-state index in [1.807, 2.05) is 0 Å². The lowest BCUT2D eigenvalue weighted by molar-refractivity contribution is -0.384. The largest absolute Gasteiger partial charge is 0.416 e. The maximum atomic E-state index is 12.6. The predicted octanol–water partition coefficient (Wildman–Crippen LogP) is 3.77. The highest BCUT2D eigenvalue weighted by Gasteiger charge is 2.32. The summed E-state index contributed by atoms with van der Waals surface area (Å²) < 4.78 is 37.7. The summed E-state index contributed by atoms with van der Waals surface area (Å²) in [6, 6.07) is 8.17. The number of hydrogen-bond acceptors (Lipinski definition) is 3. The van der Waals surface area contributed by atoms with Crippen molar-refractivity contribution in [3.8, 4) is 0 Å². The van der Waals surface area contributed by atoms with Crippen LogP contribution in [-0.2, 0) is 12.7 Å². The topological polar surface area (TPSA) is 63.4 Å². The first-order chi connectivity index (χ1) is 10.8. The third-order valence-electron chi connectivity index (χ3n) is 3.61. The van der Waals surface area contributed by atoms with Gasteiger partial charge in [-0.3, -0.25) is 14.9 Å². The molecule has 5 nitrogen and oxygen atoms in total. The highest BCUT2D eigenvalue weighted by molar-refractivity contribution is 6.10. The minimum Gasteiger partial charge on any atom is -0.304 e. The Morgan fingerprint density at radius 1 is 1.09 bits per heavy atom. The molecule has 1 amide bonds. The number of benzene rings is 2. The number of fused-ring (bicyclic) bond motifs is 1. The lowest BCUT2D eigenvalue weighted by Crippen LogP contribution is -2.23. The van der Waals surface area contributed by atoms with E-state index in [9.17, 15) is 28.1 Å². The Kier molecular flexibility index (Phi) is 3.32. The molecule has 0 aromatic heterocycles. The summed E-state index contributed by atoms with van der Waals surface area (Å²) in [6.45, 7) is 0.164. The number of nitrogens with zero attached hydrogens (tertiary/aromatic N) is 2. The summed E-state index contributed by atoms with van der Waals surface area (Å²) in [4.78, 5) is 23.8. The van der Waals surface area contributed by atoms with E-state index in [0.29, 0.717) is 11.3 Å². The molecule has 23 heavy (non-hydrogen) atoms. The van der Waals surface area contributed by atoms with Gasteiger partial charge in [-0.25, -0.2) is 0 Å². The Labute approximate surface area is 128 Å². The number of nitro benzene ring substituents is 1. The summed E-state index contributed by atoms with van der Waals surface area (Å²) in [7, 11) is 0. The Balaban J connectivity index is 1.91. The van der Waals surface area contributed by atoms with Crippen LogP contribution in [0.15, 0.2) is 42.5 Å². The van der Waals surface area contributed by atoms with Gasteiger partial charge in [0, 0.05) is 17.8 Å². The quantitative estimate of drug-likeness (QED) is 0.624. The van der Waals surface area contributed by atoms with Crippen LogP contribution in [0, 0.1) is 10.1 Å². The van der Waals surface area contributed by atoms with Crippen LogP contribution in [0.4, 0.5) is 24.5 Å². The van der Waals surface area contributed by atoms with Crippen molar-refractivity contribution in [2.45, 2.75) is 12.7 Å². The molecular weight excluding hydrogens is 313 g/mol. The molecule has 0 fully saturated rings. The van der Waals surface area contributed by atoms with Crippen molar-refractivity contribution in [3.63, 3.8) is 0 Å². The van der Waals surface area contributed by atoms with Gasteiger partial charge in [-0.1, -0.05) is 0 Å². The number of rotatable bonds is 2. The Morgan fingerprint density at radius 3 is 2.30 bits per heavy atom. The van der Waals surface area contributed by atoms with E-state index >= 15 is 0 Å². The van der Waals surface area contributed by atoms with Crippen LogP contribution in [0.5, 0.6) is 0 Å². The number of non-ortho nitro benzene ring substituents is 1. The van der Waals surface area contributed by atoms with E-state index in [1.165, 1.54) is 35.2 Å². The smallest absolute Gasteiger partial charge is 0.304 e. The van der Waals surface area contributed by atoms with Crippen molar-refractivity contribution >= 4 is 17.3 Å². The van der Waals surface area contributed by atoms with Gasteiger partial charge in [0.1, 0.15) is 0 Å². The van der Waals surface area contributed by atoms with E-state index in [1.54, 1.807) is 0 Å². The highest BCUT2D eigenvalue weighted by Crippen LogP contribution is 2.34. The average Bonchev–Trinajstić information content (AvgIpc) is 2.83. The maximum absolute atomic E-state index is 12.6. The lowest BCUT2D eigenvalue weighted by Gasteiger charge is -2.16. The number of alkyl halides is 3. The Morgan fingerprint density at radius 2 is 1.74 bits per heavy atom. The summed E-state index contributed by atoms with van der Waals surface area (Å²) in [5.41, 5.74) is 0.0915. The molecule has 1 aliphatic rings. The molecular formula is C15H9F3N2O3. The highest BCUT2D eigenvalue weighted by atomic mass is 19.4. The number of nitro groups is 1. The SMILES string of the molecule is O=C1c2cc([N+](=O)[O-])ccc2CN1c1ccc(C(F)(F)F)cc1. The fourth-order valence-electron chi connectivity index (χ4n) is 2.44. The van der Waals surface area contributed by atoms with Crippen LogP contribution in [-0.4, -0.2) is 10.8 Å². The molecule has 0 atom stereocenters. The second-order valence-electron chi connectivity index (χ2n) is 5.03. The van der Waals surface area contributed by atoms with E-state index in [-0.39, 0.29) is 17.8 Å². The second kappa shape index (κ2) is 5.08. The van der Waals surface area contributed by atoms with Gasteiger partial charge in [-0.2, -0.15) is 13.2 Å². The fourth-order valence-corrected chi connectivity index (χ4v) is 2.44. The van der Waals surface area contributed by atoms with Crippen LogP contribution in [0.1, 0.15) is 21.5 Å². The zero-order valence-electron chi connectivity index (χ0n) is 11.5. The maximum Gasteiger partial charge on any atom is 0.416 e. The number of carbonyl (C=O) groups excluding carboxylic acids is 1. The molecule has 3 rings (SSSR count). The van der Waals surface area contributed by atoms with Crippen molar-refractivity contribution in [2.75, 3.05) is 4.90 Å². The van der Waals surface area contributed by atoms with E-state index in [2.05, 4.69) is 0 Å². The van der Waals surface area contributed by atoms with Gasteiger partial charge in [0.2, 0.25) is 0 Å². The monoisotopic (exact) mass is 322 g/mol. The van der Waals surface area contributed by atoms with Gasteiger partial charge in [-0.15, -0.1) is 0 Å². The third kappa shape index (κ3) is 2.63. The molecule has 0 aliphatic carbocycles. The van der Waals surface area contributed by atoms with Crippen LogP contribution < -0.4 is 4.90 Å². The minimum absolute atomic E-state index is 0.164.